The number of rotatable bonds is 8. The molecule has 2 aliphatic heterocycles. The summed E-state index contributed by atoms with van der Waals surface area (Å²) < 4.78 is 19.7. The molecular weight excluding hydrogens is 361 g/mol. The molecule has 2 N–H and O–H groups in total. The second-order valence-electron chi connectivity index (χ2n) is 7.59. The van der Waals surface area contributed by atoms with E-state index in [0.29, 0.717) is 37.4 Å². The van der Waals surface area contributed by atoms with E-state index in [4.69, 9.17) is 4.74 Å². The van der Waals surface area contributed by atoms with Gasteiger partial charge in [-0.15, -0.1) is 0 Å². The number of nitrogens with zero attached hydrogens (tertiary/aromatic N) is 5. The molecule has 2 saturated heterocycles. The van der Waals surface area contributed by atoms with E-state index in [1.807, 2.05) is 13.0 Å². The van der Waals surface area contributed by atoms with Crippen LogP contribution in [0.15, 0.2) is 18.7 Å². The second-order valence-corrected chi connectivity index (χ2v) is 7.59. The highest BCUT2D eigenvalue weighted by Gasteiger charge is 2.30. The zero-order chi connectivity index (χ0) is 19.5. The lowest BCUT2D eigenvalue weighted by Gasteiger charge is -2.43. The molecule has 2 fully saturated rings. The number of anilines is 2. The molecule has 9 heteroatoms. The summed E-state index contributed by atoms with van der Waals surface area (Å²) in [5.41, 5.74) is 1.42. The average molecular weight is 387 g/mol. The van der Waals surface area contributed by atoms with E-state index in [9.17, 15) is 4.39 Å². The van der Waals surface area contributed by atoms with Crippen molar-refractivity contribution in [1.82, 2.24) is 24.8 Å². The molecule has 4 rings (SSSR count). The van der Waals surface area contributed by atoms with Gasteiger partial charge < -0.3 is 15.4 Å². The molecule has 0 aromatic carbocycles. The van der Waals surface area contributed by atoms with Gasteiger partial charge in [0.25, 0.3) is 0 Å². The topological polar surface area (TPSA) is 88.1 Å². The highest BCUT2D eigenvalue weighted by molar-refractivity contribution is 5.39. The maximum absolute atomic E-state index is 14.6. The lowest BCUT2D eigenvalue weighted by molar-refractivity contribution is 0.0208. The number of ether oxygens (including phenoxy) is 1. The molecule has 0 bridgehead atoms. The van der Waals surface area contributed by atoms with E-state index in [-0.39, 0.29) is 17.7 Å². The third kappa shape index (κ3) is 4.36. The fraction of sp³-hybridized carbons (Fsp3) is 0.579. The molecule has 0 amide bonds. The normalized spacial score (nSPS) is 19.0. The molecule has 28 heavy (non-hydrogen) atoms. The van der Waals surface area contributed by atoms with Crippen LogP contribution in [0.2, 0.25) is 0 Å². The lowest BCUT2D eigenvalue weighted by Crippen LogP contribution is -2.58. The molecule has 1 unspecified atom stereocenters. The van der Waals surface area contributed by atoms with Crippen molar-refractivity contribution in [2.24, 2.45) is 0 Å². The van der Waals surface area contributed by atoms with Crippen LogP contribution < -0.4 is 10.6 Å². The number of halogens is 1. The predicted molar refractivity (Wildman–Crippen MR) is 104 cm³/mol. The highest BCUT2D eigenvalue weighted by Crippen LogP contribution is 2.21. The average Bonchev–Trinajstić information content (AvgIpc) is 2.61. The first-order chi connectivity index (χ1) is 13.6. The maximum atomic E-state index is 14.6. The van der Waals surface area contributed by atoms with Gasteiger partial charge in [-0.3, -0.25) is 4.90 Å². The van der Waals surface area contributed by atoms with Gasteiger partial charge in [0.15, 0.2) is 11.6 Å². The second kappa shape index (κ2) is 8.32. The number of aromatic nitrogens is 4. The molecule has 0 aliphatic carbocycles. The van der Waals surface area contributed by atoms with E-state index >= 15 is 0 Å². The Bertz CT molecular complexity index is 811. The van der Waals surface area contributed by atoms with Gasteiger partial charge in [-0.25, -0.2) is 24.3 Å². The molecular formula is C19H26FN7O. The quantitative estimate of drug-likeness (QED) is 0.707. The molecule has 2 aromatic rings. The van der Waals surface area contributed by atoms with Gasteiger partial charge in [-0.2, -0.15) is 0 Å². The van der Waals surface area contributed by atoms with Gasteiger partial charge in [0.1, 0.15) is 18.5 Å². The Morgan fingerprint density at radius 3 is 2.64 bits per heavy atom. The standard InChI is InChI=1S/C19H26FN7O/c1-12-5-17(23-10-21-12)25-14-6-27(7-14)13(2)3-4-16-18(20)19(24-11-22-16)26-15-8-28-9-15/h5,10-11,13-15H,3-4,6-9H2,1-2H3,(H,21,23,25)(H,22,24,26). The minimum absolute atomic E-state index is 0.139. The molecule has 0 saturated carbocycles. The molecule has 8 nitrogen and oxygen atoms in total. The van der Waals surface area contributed by atoms with Crippen molar-refractivity contribution in [1.29, 1.82) is 0 Å². The summed E-state index contributed by atoms with van der Waals surface area (Å²) >= 11 is 0. The van der Waals surface area contributed by atoms with Crippen molar-refractivity contribution in [2.75, 3.05) is 36.9 Å². The van der Waals surface area contributed by atoms with Crippen molar-refractivity contribution in [3.63, 3.8) is 0 Å². The number of aryl methyl sites for hydroxylation is 2. The third-order valence-corrected chi connectivity index (χ3v) is 5.33. The van der Waals surface area contributed by atoms with Gasteiger partial charge in [-0.1, -0.05) is 0 Å². The van der Waals surface area contributed by atoms with Crippen LogP contribution in [-0.4, -0.2) is 69.3 Å². The molecule has 1 atom stereocenters. The maximum Gasteiger partial charge on any atom is 0.186 e. The van der Waals surface area contributed by atoms with Crippen molar-refractivity contribution < 1.29 is 9.13 Å². The van der Waals surface area contributed by atoms with Crippen LogP contribution in [0.3, 0.4) is 0 Å². The van der Waals surface area contributed by atoms with Gasteiger partial charge in [0.05, 0.1) is 31.0 Å². The molecule has 4 heterocycles. The molecule has 2 aliphatic rings. The smallest absolute Gasteiger partial charge is 0.186 e. The Labute approximate surface area is 164 Å². The lowest BCUT2D eigenvalue weighted by atomic mass is 10.0. The van der Waals surface area contributed by atoms with Crippen molar-refractivity contribution in [3.05, 3.63) is 35.9 Å². The van der Waals surface area contributed by atoms with Gasteiger partial charge in [-0.05, 0) is 26.7 Å². The first-order valence-electron chi connectivity index (χ1n) is 9.71. The monoisotopic (exact) mass is 387 g/mol. The van der Waals surface area contributed by atoms with E-state index in [1.54, 1.807) is 6.33 Å². The fourth-order valence-corrected chi connectivity index (χ4v) is 3.43. The van der Waals surface area contributed by atoms with Crippen molar-refractivity contribution >= 4 is 11.6 Å². The van der Waals surface area contributed by atoms with Crippen LogP contribution >= 0.6 is 0 Å². The summed E-state index contributed by atoms with van der Waals surface area (Å²) in [6.07, 6.45) is 4.44. The van der Waals surface area contributed by atoms with Crippen molar-refractivity contribution in [2.45, 2.75) is 44.8 Å². The number of hydrogen-bond acceptors (Lipinski definition) is 8. The van der Waals surface area contributed by atoms with E-state index < -0.39 is 0 Å². The molecule has 150 valence electrons. The molecule has 2 aromatic heterocycles. The summed E-state index contributed by atoms with van der Waals surface area (Å²) in [6, 6.07) is 2.83. The van der Waals surface area contributed by atoms with E-state index in [0.717, 1.165) is 31.0 Å². The number of nitrogens with one attached hydrogen (secondary N) is 2. The Balaban J connectivity index is 1.24. The summed E-state index contributed by atoms with van der Waals surface area (Å²) in [5.74, 6) is 0.799. The minimum Gasteiger partial charge on any atom is -0.377 e. The summed E-state index contributed by atoms with van der Waals surface area (Å²) in [5, 5.41) is 6.50. The van der Waals surface area contributed by atoms with E-state index in [2.05, 4.69) is 42.4 Å². The van der Waals surface area contributed by atoms with Gasteiger partial charge in [0, 0.05) is 30.9 Å². The van der Waals surface area contributed by atoms with Crippen LogP contribution in [-0.2, 0) is 11.2 Å². The predicted octanol–water partition coefficient (Wildman–Crippen LogP) is 1.64. The summed E-state index contributed by atoms with van der Waals surface area (Å²) in [6.45, 7) is 7.21. The first kappa shape index (κ1) is 18.9. The van der Waals surface area contributed by atoms with Crippen LogP contribution in [0.25, 0.3) is 0 Å². The number of likely N-dealkylation sites (tertiary alicyclic amines) is 1. The molecule has 0 spiro atoms. The highest BCUT2D eigenvalue weighted by atomic mass is 19.1. The van der Waals surface area contributed by atoms with Gasteiger partial charge >= 0.3 is 0 Å². The van der Waals surface area contributed by atoms with E-state index in [1.165, 1.54) is 6.33 Å². The summed E-state index contributed by atoms with van der Waals surface area (Å²) in [7, 11) is 0. The minimum atomic E-state index is -0.344. The zero-order valence-corrected chi connectivity index (χ0v) is 16.2. The Morgan fingerprint density at radius 2 is 1.93 bits per heavy atom. The van der Waals surface area contributed by atoms with Crippen LogP contribution in [0.4, 0.5) is 16.0 Å². The SMILES string of the molecule is Cc1cc(NC2CN(C(C)CCc3ncnc(NC4COC4)c3F)C2)ncn1. The molecule has 0 radical (unpaired) electrons. The largest absolute Gasteiger partial charge is 0.377 e. The van der Waals surface area contributed by atoms with Crippen molar-refractivity contribution in [3.8, 4) is 0 Å². The fourth-order valence-electron chi connectivity index (χ4n) is 3.43. The van der Waals surface area contributed by atoms with Crippen LogP contribution in [0.5, 0.6) is 0 Å². The Kier molecular flexibility index (Phi) is 5.63. The van der Waals surface area contributed by atoms with Crippen LogP contribution in [0.1, 0.15) is 24.7 Å². The first-order valence-corrected chi connectivity index (χ1v) is 9.71. The number of hydrogen-bond donors (Lipinski definition) is 2. The van der Waals surface area contributed by atoms with Gasteiger partial charge in [0.2, 0.25) is 0 Å². The Morgan fingerprint density at radius 1 is 1.14 bits per heavy atom. The summed E-state index contributed by atoms with van der Waals surface area (Å²) in [4.78, 5) is 18.9. The third-order valence-electron chi connectivity index (χ3n) is 5.33. The Hall–Kier alpha value is -2.39. The van der Waals surface area contributed by atoms with Crippen LogP contribution in [0, 0.1) is 12.7 Å². The zero-order valence-electron chi connectivity index (χ0n) is 16.2.